The van der Waals surface area contributed by atoms with Gasteiger partial charge in [-0.25, -0.2) is 4.39 Å². The molecule has 24 heavy (non-hydrogen) atoms. The van der Waals surface area contributed by atoms with Crippen molar-refractivity contribution < 1.29 is 9.18 Å². The summed E-state index contributed by atoms with van der Waals surface area (Å²) in [5.41, 5.74) is 2.10. The van der Waals surface area contributed by atoms with Gasteiger partial charge in [0.2, 0.25) is 5.91 Å². The molecule has 122 valence electrons. The molecule has 1 aromatic heterocycles. The standard InChI is InChI=1S/C17H15FN4OS/c1-12(15-7-2-3-8-19-15)20-21-17-22(16(23)11-24-17)10-13-5-4-6-14(18)9-13/h2-9H,10-11H2,1H3/b20-12+,21-17-. The summed E-state index contributed by atoms with van der Waals surface area (Å²) in [6, 6.07) is 11.7. The lowest BCUT2D eigenvalue weighted by Gasteiger charge is -2.15. The zero-order valence-electron chi connectivity index (χ0n) is 13.0. The highest BCUT2D eigenvalue weighted by molar-refractivity contribution is 8.15. The second-order valence-electron chi connectivity index (χ2n) is 5.18. The number of pyridine rings is 1. The molecule has 0 bridgehead atoms. The van der Waals surface area contributed by atoms with Gasteiger partial charge in [0.15, 0.2) is 5.17 Å². The molecular formula is C17H15FN4OS. The normalized spacial score (nSPS) is 16.9. The van der Waals surface area contributed by atoms with E-state index < -0.39 is 0 Å². The third kappa shape index (κ3) is 3.86. The minimum absolute atomic E-state index is 0.0614. The van der Waals surface area contributed by atoms with Gasteiger partial charge in [-0.2, -0.15) is 5.10 Å². The average Bonchev–Trinajstić information content (AvgIpc) is 2.94. The van der Waals surface area contributed by atoms with Crippen molar-refractivity contribution in [1.29, 1.82) is 0 Å². The van der Waals surface area contributed by atoms with Gasteiger partial charge < -0.3 is 0 Å². The first-order valence-electron chi connectivity index (χ1n) is 7.35. The fourth-order valence-electron chi connectivity index (χ4n) is 2.19. The van der Waals surface area contributed by atoms with Gasteiger partial charge in [-0.1, -0.05) is 30.0 Å². The molecule has 1 aliphatic heterocycles. The van der Waals surface area contributed by atoms with Gasteiger partial charge in [0.05, 0.1) is 23.7 Å². The maximum atomic E-state index is 13.3. The molecule has 7 heteroatoms. The van der Waals surface area contributed by atoms with Crippen LogP contribution in [0.4, 0.5) is 4.39 Å². The number of benzene rings is 1. The maximum absolute atomic E-state index is 13.3. The number of thioether (sulfide) groups is 1. The van der Waals surface area contributed by atoms with Crippen molar-refractivity contribution >= 4 is 28.5 Å². The fraction of sp³-hybridized carbons (Fsp3) is 0.176. The Morgan fingerprint density at radius 2 is 2.21 bits per heavy atom. The summed E-state index contributed by atoms with van der Waals surface area (Å²) in [4.78, 5) is 17.8. The van der Waals surface area contributed by atoms with Crippen molar-refractivity contribution in [2.45, 2.75) is 13.5 Å². The topological polar surface area (TPSA) is 57.9 Å². The lowest BCUT2D eigenvalue weighted by atomic mass is 10.2. The molecule has 3 rings (SSSR count). The van der Waals surface area contributed by atoms with E-state index in [9.17, 15) is 9.18 Å². The number of carbonyl (C=O) groups is 1. The van der Waals surface area contributed by atoms with E-state index in [1.165, 1.54) is 28.8 Å². The van der Waals surface area contributed by atoms with Crippen LogP contribution in [0.15, 0.2) is 58.9 Å². The molecule has 0 atom stereocenters. The molecule has 0 unspecified atom stereocenters. The number of hydrogen-bond donors (Lipinski definition) is 0. The second-order valence-corrected chi connectivity index (χ2v) is 6.12. The molecule has 0 spiro atoms. The molecule has 0 saturated carbocycles. The van der Waals surface area contributed by atoms with Crippen LogP contribution in [0.25, 0.3) is 0 Å². The van der Waals surface area contributed by atoms with Gasteiger partial charge in [0.1, 0.15) is 5.82 Å². The van der Waals surface area contributed by atoms with Crippen molar-refractivity contribution in [3.63, 3.8) is 0 Å². The Labute approximate surface area is 143 Å². The van der Waals surface area contributed by atoms with E-state index in [-0.39, 0.29) is 18.3 Å². The molecule has 5 nitrogen and oxygen atoms in total. The van der Waals surface area contributed by atoms with Crippen LogP contribution in [0.5, 0.6) is 0 Å². The van der Waals surface area contributed by atoms with Crippen molar-refractivity contribution in [2.75, 3.05) is 5.75 Å². The van der Waals surface area contributed by atoms with E-state index in [2.05, 4.69) is 15.2 Å². The molecule has 2 aromatic rings. The van der Waals surface area contributed by atoms with Crippen LogP contribution >= 0.6 is 11.8 Å². The number of halogens is 1. The van der Waals surface area contributed by atoms with Crippen LogP contribution in [-0.2, 0) is 11.3 Å². The minimum atomic E-state index is -0.325. The highest BCUT2D eigenvalue weighted by Crippen LogP contribution is 2.22. The monoisotopic (exact) mass is 342 g/mol. The largest absolute Gasteiger partial charge is 0.285 e. The van der Waals surface area contributed by atoms with Gasteiger partial charge >= 0.3 is 0 Å². The molecule has 1 aliphatic rings. The Kier molecular flexibility index (Phi) is 5.00. The number of carbonyl (C=O) groups excluding carboxylic acids is 1. The van der Waals surface area contributed by atoms with Crippen molar-refractivity contribution in [2.24, 2.45) is 10.2 Å². The van der Waals surface area contributed by atoms with Gasteiger partial charge in [-0.15, -0.1) is 5.10 Å². The summed E-state index contributed by atoms with van der Waals surface area (Å²) in [5, 5.41) is 8.88. The molecule has 1 saturated heterocycles. The van der Waals surface area contributed by atoms with E-state index >= 15 is 0 Å². The summed E-state index contributed by atoms with van der Waals surface area (Å²) >= 11 is 1.32. The van der Waals surface area contributed by atoms with Crippen molar-refractivity contribution in [3.8, 4) is 0 Å². The number of amides is 1. The number of nitrogens with zero attached hydrogens (tertiary/aromatic N) is 4. The molecule has 1 aromatic carbocycles. The SMILES string of the molecule is C/C(=N\N=C1/SCC(=O)N1Cc1cccc(F)c1)c1ccccn1. The summed E-state index contributed by atoms with van der Waals surface area (Å²) in [6.45, 7) is 2.09. The highest BCUT2D eigenvalue weighted by atomic mass is 32.2. The summed E-state index contributed by atoms with van der Waals surface area (Å²) < 4.78 is 13.3. The van der Waals surface area contributed by atoms with Crippen LogP contribution in [0.3, 0.4) is 0 Å². The maximum Gasteiger partial charge on any atom is 0.239 e. The lowest BCUT2D eigenvalue weighted by Crippen LogP contribution is -2.28. The smallest absolute Gasteiger partial charge is 0.239 e. The van der Waals surface area contributed by atoms with Crippen LogP contribution < -0.4 is 0 Å². The molecule has 0 N–H and O–H groups in total. The van der Waals surface area contributed by atoms with Gasteiger partial charge in [0.25, 0.3) is 0 Å². The predicted octanol–water partition coefficient (Wildman–Crippen LogP) is 3.08. The summed E-state index contributed by atoms with van der Waals surface area (Å²) in [6.07, 6.45) is 1.69. The Bertz CT molecular complexity index is 807. The van der Waals surface area contributed by atoms with E-state index in [0.717, 1.165) is 5.69 Å². The Morgan fingerprint density at radius 3 is 2.96 bits per heavy atom. The Hall–Kier alpha value is -2.54. The summed E-state index contributed by atoms with van der Waals surface area (Å²) in [7, 11) is 0. The van der Waals surface area contributed by atoms with Gasteiger partial charge in [-0.05, 0) is 36.8 Å². The zero-order valence-corrected chi connectivity index (χ0v) is 13.8. The van der Waals surface area contributed by atoms with E-state index in [0.29, 0.717) is 22.2 Å². The van der Waals surface area contributed by atoms with Crippen molar-refractivity contribution in [3.05, 3.63) is 65.7 Å². The van der Waals surface area contributed by atoms with Gasteiger partial charge in [0, 0.05) is 6.20 Å². The predicted molar refractivity (Wildman–Crippen MR) is 93.3 cm³/mol. The van der Waals surface area contributed by atoms with E-state index in [1.54, 1.807) is 18.3 Å². The Balaban J connectivity index is 1.80. The average molecular weight is 342 g/mol. The molecule has 1 fully saturated rings. The van der Waals surface area contributed by atoms with Crippen LogP contribution in [-0.4, -0.2) is 32.4 Å². The molecule has 1 amide bonds. The number of aromatic nitrogens is 1. The molecule has 2 heterocycles. The molecule has 0 aliphatic carbocycles. The molecule has 0 radical (unpaired) electrons. The van der Waals surface area contributed by atoms with Crippen LogP contribution in [0.2, 0.25) is 0 Å². The fourth-order valence-corrected chi connectivity index (χ4v) is 3.02. The lowest BCUT2D eigenvalue weighted by molar-refractivity contribution is -0.124. The third-order valence-electron chi connectivity index (χ3n) is 3.41. The van der Waals surface area contributed by atoms with Crippen molar-refractivity contribution in [1.82, 2.24) is 9.88 Å². The number of amidine groups is 1. The zero-order chi connectivity index (χ0) is 16.9. The first-order chi connectivity index (χ1) is 11.6. The minimum Gasteiger partial charge on any atom is -0.285 e. The summed E-state index contributed by atoms with van der Waals surface area (Å²) in [5.74, 6) is -0.0743. The highest BCUT2D eigenvalue weighted by Gasteiger charge is 2.28. The quantitative estimate of drug-likeness (QED) is 0.634. The number of hydrogen-bond acceptors (Lipinski definition) is 5. The second kappa shape index (κ2) is 7.35. The molecular weight excluding hydrogens is 327 g/mol. The third-order valence-corrected chi connectivity index (χ3v) is 4.36. The first kappa shape index (κ1) is 16.3. The van der Waals surface area contributed by atoms with E-state index in [4.69, 9.17) is 0 Å². The van der Waals surface area contributed by atoms with Crippen LogP contribution in [0, 0.1) is 5.82 Å². The van der Waals surface area contributed by atoms with Crippen LogP contribution in [0.1, 0.15) is 18.2 Å². The first-order valence-corrected chi connectivity index (χ1v) is 8.33. The Morgan fingerprint density at radius 1 is 1.33 bits per heavy atom. The van der Waals surface area contributed by atoms with Gasteiger partial charge in [-0.3, -0.25) is 14.7 Å². The number of rotatable bonds is 4. The van der Waals surface area contributed by atoms with E-state index in [1.807, 2.05) is 25.1 Å².